The summed E-state index contributed by atoms with van der Waals surface area (Å²) in [7, 11) is 0. The molecule has 3 nitrogen and oxygen atoms in total. The van der Waals surface area contributed by atoms with E-state index in [4.69, 9.17) is 11.1 Å². The molecule has 0 saturated heterocycles. The van der Waals surface area contributed by atoms with Crippen molar-refractivity contribution in [3.63, 3.8) is 0 Å². The zero-order valence-electron chi connectivity index (χ0n) is 5.94. The molecule has 0 aliphatic carbocycles. The average molecular weight is 127 g/mol. The van der Waals surface area contributed by atoms with Gasteiger partial charge in [0.2, 0.25) is 0 Å². The molecule has 0 aromatic rings. The van der Waals surface area contributed by atoms with Crippen molar-refractivity contribution in [2.75, 3.05) is 0 Å². The number of nitrogens with zero attached hydrogens (tertiary/aromatic N) is 1. The highest BCUT2D eigenvalue weighted by Crippen LogP contribution is 1.89. The molecule has 9 heavy (non-hydrogen) atoms. The van der Waals surface area contributed by atoms with E-state index in [-0.39, 0.29) is 0 Å². The Labute approximate surface area is 55.5 Å². The van der Waals surface area contributed by atoms with Gasteiger partial charge in [0.05, 0.1) is 5.84 Å². The molecule has 0 bridgehead atoms. The molecule has 52 valence electrons. The largest absolute Gasteiger partial charge is 0.387 e. The number of aliphatic imine (C=N–C) groups is 1. The summed E-state index contributed by atoms with van der Waals surface area (Å²) in [5.41, 5.74) is 5.23. The Bertz CT molecular complexity index is 122. The van der Waals surface area contributed by atoms with Crippen LogP contribution >= 0.6 is 0 Å². The fourth-order valence-corrected chi connectivity index (χ4v) is 0.506. The van der Waals surface area contributed by atoms with Crippen LogP contribution in [0.4, 0.5) is 0 Å². The van der Waals surface area contributed by atoms with Crippen molar-refractivity contribution >= 4 is 11.7 Å². The second-order valence-electron chi connectivity index (χ2n) is 1.95. The number of nitrogens with one attached hydrogen (secondary N) is 1. The molecule has 0 unspecified atom stereocenters. The third-order valence-electron chi connectivity index (χ3n) is 0.798. The van der Waals surface area contributed by atoms with Gasteiger partial charge in [-0.3, -0.25) is 5.41 Å². The zero-order chi connectivity index (χ0) is 7.28. The summed E-state index contributed by atoms with van der Waals surface area (Å²) in [4.78, 5) is 3.74. The van der Waals surface area contributed by atoms with Crippen LogP contribution in [-0.2, 0) is 0 Å². The second-order valence-corrected chi connectivity index (χ2v) is 1.95. The maximum Gasteiger partial charge on any atom is 0.122 e. The van der Waals surface area contributed by atoms with Crippen LogP contribution in [0.2, 0.25) is 0 Å². The van der Waals surface area contributed by atoms with Gasteiger partial charge in [0.1, 0.15) is 5.84 Å². The van der Waals surface area contributed by atoms with Gasteiger partial charge in [-0.05, 0) is 13.3 Å². The molecule has 0 amide bonds. The normalized spacial score (nSPS) is 11.6. The Morgan fingerprint density at radius 2 is 2.22 bits per heavy atom. The van der Waals surface area contributed by atoms with Crippen LogP contribution in [0.25, 0.3) is 0 Å². The predicted molar refractivity (Wildman–Crippen MR) is 39.9 cm³/mol. The minimum absolute atomic E-state index is 0.373. The molecular weight excluding hydrogens is 114 g/mol. The maximum atomic E-state index is 7.15. The molecule has 0 rings (SSSR count). The first-order valence-electron chi connectivity index (χ1n) is 3.05. The first kappa shape index (κ1) is 8.14. The minimum Gasteiger partial charge on any atom is -0.387 e. The summed E-state index contributed by atoms with van der Waals surface area (Å²) >= 11 is 0. The monoisotopic (exact) mass is 127 g/mol. The van der Waals surface area contributed by atoms with Gasteiger partial charge in [0, 0.05) is 6.42 Å². The van der Waals surface area contributed by atoms with E-state index in [0.717, 1.165) is 6.42 Å². The van der Waals surface area contributed by atoms with E-state index in [1.165, 1.54) is 0 Å². The van der Waals surface area contributed by atoms with Crippen molar-refractivity contribution in [2.45, 2.75) is 26.7 Å². The van der Waals surface area contributed by atoms with Crippen LogP contribution in [0.1, 0.15) is 26.7 Å². The molecule has 0 aromatic carbocycles. The van der Waals surface area contributed by atoms with Crippen LogP contribution in [0.15, 0.2) is 4.99 Å². The number of amidine groups is 2. The molecule has 0 atom stereocenters. The molecule has 0 aliphatic rings. The molecule has 0 aromatic heterocycles. The topological polar surface area (TPSA) is 62.2 Å². The highest BCUT2D eigenvalue weighted by molar-refractivity contribution is 5.93. The first-order valence-corrected chi connectivity index (χ1v) is 3.05. The molecule has 0 spiro atoms. The first-order chi connectivity index (χ1) is 4.16. The van der Waals surface area contributed by atoms with Gasteiger partial charge in [-0.25, -0.2) is 4.99 Å². The fourth-order valence-electron chi connectivity index (χ4n) is 0.506. The van der Waals surface area contributed by atoms with Gasteiger partial charge in [-0.2, -0.15) is 0 Å². The summed E-state index contributed by atoms with van der Waals surface area (Å²) in [5.74, 6) is 0.839. The maximum absolute atomic E-state index is 7.15. The quantitative estimate of drug-likeness (QED) is 0.424. The lowest BCUT2D eigenvalue weighted by molar-refractivity contribution is 0.975. The lowest BCUT2D eigenvalue weighted by Gasteiger charge is -1.92. The van der Waals surface area contributed by atoms with Gasteiger partial charge < -0.3 is 5.73 Å². The van der Waals surface area contributed by atoms with Gasteiger partial charge in [0.15, 0.2) is 0 Å². The molecular formula is C6H13N3. The van der Waals surface area contributed by atoms with Crippen molar-refractivity contribution in [1.82, 2.24) is 0 Å². The molecule has 0 heterocycles. The highest BCUT2D eigenvalue weighted by Gasteiger charge is 1.89. The van der Waals surface area contributed by atoms with E-state index in [9.17, 15) is 0 Å². The van der Waals surface area contributed by atoms with Crippen LogP contribution in [-0.4, -0.2) is 11.7 Å². The van der Waals surface area contributed by atoms with Gasteiger partial charge >= 0.3 is 0 Å². The van der Waals surface area contributed by atoms with Crippen molar-refractivity contribution in [3.8, 4) is 0 Å². The Kier molecular flexibility index (Phi) is 3.67. The van der Waals surface area contributed by atoms with E-state index < -0.39 is 0 Å². The molecule has 0 fully saturated rings. The zero-order valence-corrected chi connectivity index (χ0v) is 5.94. The van der Waals surface area contributed by atoms with Crippen LogP contribution in [0.3, 0.4) is 0 Å². The summed E-state index contributed by atoms with van der Waals surface area (Å²) in [5, 5.41) is 7.15. The summed E-state index contributed by atoms with van der Waals surface area (Å²) in [6, 6.07) is 0. The average Bonchev–Trinajstić information content (AvgIpc) is 1.63. The number of nitrogens with two attached hydrogens (primary N) is 1. The van der Waals surface area contributed by atoms with E-state index in [1.54, 1.807) is 6.92 Å². The van der Waals surface area contributed by atoms with E-state index in [1.807, 2.05) is 6.92 Å². The second kappa shape index (κ2) is 4.06. The lowest BCUT2D eigenvalue weighted by atomic mass is 10.3. The number of hydrogen-bond acceptors (Lipinski definition) is 1. The smallest absolute Gasteiger partial charge is 0.122 e. The van der Waals surface area contributed by atoms with Crippen LogP contribution in [0, 0.1) is 5.41 Å². The molecule has 0 radical (unpaired) electrons. The summed E-state index contributed by atoms with van der Waals surface area (Å²) < 4.78 is 0. The minimum atomic E-state index is 0.373. The van der Waals surface area contributed by atoms with Gasteiger partial charge in [-0.1, -0.05) is 6.92 Å². The van der Waals surface area contributed by atoms with E-state index in [0.29, 0.717) is 18.1 Å². The van der Waals surface area contributed by atoms with Crippen LogP contribution < -0.4 is 5.73 Å². The van der Waals surface area contributed by atoms with Crippen molar-refractivity contribution in [1.29, 1.82) is 5.41 Å². The molecule has 3 heteroatoms. The standard InChI is InChI=1S/C6H13N3/c1-3-4-6(8)9-5(2)7/h3-4H2,1-2H3,(H3,7,8,9). The Morgan fingerprint density at radius 1 is 1.67 bits per heavy atom. The summed E-state index contributed by atoms with van der Waals surface area (Å²) in [6.45, 7) is 3.69. The fraction of sp³-hybridized carbons (Fsp3) is 0.667. The highest BCUT2D eigenvalue weighted by atomic mass is 14.9. The Morgan fingerprint density at radius 3 is 2.56 bits per heavy atom. The van der Waals surface area contributed by atoms with Crippen molar-refractivity contribution in [3.05, 3.63) is 0 Å². The lowest BCUT2D eigenvalue weighted by Crippen LogP contribution is -2.08. The molecule has 0 aliphatic heterocycles. The Balaban J connectivity index is 3.63. The van der Waals surface area contributed by atoms with Crippen LogP contribution in [0.5, 0.6) is 0 Å². The van der Waals surface area contributed by atoms with Crippen molar-refractivity contribution in [2.24, 2.45) is 10.7 Å². The third-order valence-corrected chi connectivity index (χ3v) is 0.798. The molecule has 3 N–H and O–H groups in total. The van der Waals surface area contributed by atoms with Crippen molar-refractivity contribution < 1.29 is 0 Å². The molecule has 0 saturated carbocycles. The summed E-state index contributed by atoms with van der Waals surface area (Å²) in [6.07, 6.45) is 1.67. The van der Waals surface area contributed by atoms with E-state index >= 15 is 0 Å². The number of rotatable bonds is 2. The van der Waals surface area contributed by atoms with Gasteiger partial charge in [-0.15, -0.1) is 0 Å². The number of hydrogen-bond donors (Lipinski definition) is 2. The third kappa shape index (κ3) is 5.00. The Hall–Kier alpha value is -0.860. The van der Waals surface area contributed by atoms with Gasteiger partial charge in [0.25, 0.3) is 0 Å². The predicted octanol–water partition coefficient (Wildman–Crippen LogP) is 1.14. The van der Waals surface area contributed by atoms with E-state index in [2.05, 4.69) is 4.99 Å². The SMILES string of the molecule is CCCC(=N)N=C(C)N.